The lowest BCUT2D eigenvalue weighted by Crippen LogP contribution is -2.13. The Labute approximate surface area is 129 Å². The van der Waals surface area contributed by atoms with E-state index in [0.29, 0.717) is 33.7 Å². The Balaban J connectivity index is 2.13. The van der Waals surface area contributed by atoms with Crippen LogP contribution in [0, 0.1) is 13.8 Å². The van der Waals surface area contributed by atoms with Gasteiger partial charge in [-0.25, -0.2) is 15.8 Å². The van der Waals surface area contributed by atoms with Crippen LogP contribution in [-0.4, -0.2) is 18.7 Å². The minimum Gasteiger partial charge on any atom is -0.337 e. The maximum atomic E-state index is 6.27. The zero-order valence-electron chi connectivity index (χ0n) is 11.3. The molecule has 3 rings (SSSR count). The van der Waals surface area contributed by atoms with Crippen molar-refractivity contribution >= 4 is 51.7 Å². The van der Waals surface area contributed by atoms with E-state index in [1.54, 1.807) is 13.0 Å². The van der Waals surface area contributed by atoms with Crippen molar-refractivity contribution in [3.8, 4) is 0 Å². The molecule has 9 heteroatoms. The van der Waals surface area contributed by atoms with Gasteiger partial charge in [0, 0.05) is 5.56 Å². The molecule has 0 saturated carbocycles. The maximum Gasteiger partial charge on any atom is 0.148 e. The van der Waals surface area contributed by atoms with Gasteiger partial charge < -0.3 is 10.7 Å². The molecular formula is C12H12ClN7S. The van der Waals surface area contributed by atoms with Crippen molar-refractivity contribution in [2.75, 3.05) is 10.7 Å². The second kappa shape index (κ2) is 5.40. The maximum absolute atomic E-state index is 6.27. The number of hydrogen-bond acceptors (Lipinski definition) is 8. The second-order valence-electron chi connectivity index (χ2n) is 4.42. The summed E-state index contributed by atoms with van der Waals surface area (Å²) in [5, 5.41) is 3.76. The summed E-state index contributed by atoms with van der Waals surface area (Å²) in [6, 6.07) is 3.61. The molecule has 2 heterocycles. The number of halogens is 1. The molecule has 4 N–H and O–H groups in total. The molecule has 21 heavy (non-hydrogen) atoms. The van der Waals surface area contributed by atoms with Gasteiger partial charge in [0.25, 0.3) is 0 Å². The molecular weight excluding hydrogens is 310 g/mol. The Morgan fingerprint density at radius 2 is 1.90 bits per heavy atom. The van der Waals surface area contributed by atoms with Crippen LogP contribution in [0.3, 0.4) is 0 Å². The van der Waals surface area contributed by atoms with Gasteiger partial charge in [-0.15, -0.1) is 0 Å². The quantitative estimate of drug-likeness (QED) is 0.503. The van der Waals surface area contributed by atoms with Crippen LogP contribution < -0.4 is 16.6 Å². The van der Waals surface area contributed by atoms with Crippen molar-refractivity contribution in [1.82, 2.24) is 18.7 Å². The number of hydrazine groups is 1. The van der Waals surface area contributed by atoms with Crippen LogP contribution in [0.15, 0.2) is 12.1 Å². The standard InChI is InChI=1S/C12H12ClN7S/c1-5-11(15-6(2)16-12(5)18-14)17-9-7(13)3-4-8-10(9)20-21-19-8/h3-4H,14H2,1-2H3,(H2,15,16,17,18). The first-order chi connectivity index (χ1) is 10.1. The number of aromatic nitrogens is 4. The van der Waals surface area contributed by atoms with E-state index in [4.69, 9.17) is 17.4 Å². The third-order valence-corrected chi connectivity index (χ3v) is 3.87. The van der Waals surface area contributed by atoms with Gasteiger partial charge in [-0.2, -0.15) is 8.75 Å². The van der Waals surface area contributed by atoms with Crippen molar-refractivity contribution in [2.45, 2.75) is 13.8 Å². The van der Waals surface area contributed by atoms with Crippen LogP contribution >= 0.6 is 23.3 Å². The molecule has 0 radical (unpaired) electrons. The Kier molecular flexibility index (Phi) is 3.58. The summed E-state index contributed by atoms with van der Waals surface area (Å²) in [5.41, 5.74) is 5.52. The fourth-order valence-corrected chi connectivity index (χ4v) is 2.70. The lowest BCUT2D eigenvalue weighted by molar-refractivity contribution is 1.03. The van der Waals surface area contributed by atoms with Crippen molar-refractivity contribution in [2.24, 2.45) is 5.84 Å². The van der Waals surface area contributed by atoms with Gasteiger partial charge >= 0.3 is 0 Å². The van der Waals surface area contributed by atoms with E-state index >= 15 is 0 Å². The summed E-state index contributed by atoms with van der Waals surface area (Å²) in [6.07, 6.45) is 0. The zero-order chi connectivity index (χ0) is 15.0. The minimum atomic E-state index is 0.549. The van der Waals surface area contributed by atoms with E-state index in [2.05, 4.69) is 29.5 Å². The van der Waals surface area contributed by atoms with Crippen molar-refractivity contribution < 1.29 is 0 Å². The molecule has 1 aromatic carbocycles. The summed E-state index contributed by atoms with van der Waals surface area (Å²) in [6.45, 7) is 3.66. The van der Waals surface area contributed by atoms with Crippen LogP contribution in [0.5, 0.6) is 0 Å². The van der Waals surface area contributed by atoms with E-state index in [1.807, 2.05) is 13.0 Å². The Morgan fingerprint density at radius 1 is 1.14 bits per heavy atom. The fourth-order valence-electron chi connectivity index (χ4n) is 1.95. The number of fused-ring (bicyclic) bond motifs is 1. The Hall–Kier alpha value is -2.03. The number of nitrogens with zero attached hydrogens (tertiary/aromatic N) is 4. The molecule has 108 valence electrons. The first-order valence-corrected chi connectivity index (χ1v) is 7.20. The number of nitrogens with two attached hydrogens (primary N) is 1. The van der Waals surface area contributed by atoms with Crippen LogP contribution in [0.4, 0.5) is 17.3 Å². The molecule has 0 aliphatic heterocycles. The average Bonchev–Trinajstić information content (AvgIpc) is 2.93. The molecule has 0 aliphatic carbocycles. The number of nitrogen functional groups attached to an aromatic ring is 1. The molecule has 0 fully saturated rings. The highest BCUT2D eigenvalue weighted by Crippen LogP contribution is 2.33. The van der Waals surface area contributed by atoms with Crippen LogP contribution in [-0.2, 0) is 0 Å². The smallest absolute Gasteiger partial charge is 0.148 e. The largest absolute Gasteiger partial charge is 0.337 e. The summed E-state index contributed by atoms with van der Waals surface area (Å²) in [7, 11) is 0. The first kappa shape index (κ1) is 13.9. The van der Waals surface area contributed by atoms with Crippen LogP contribution in [0.1, 0.15) is 11.4 Å². The first-order valence-electron chi connectivity index (χ1n) is 6.10. The normalized spacial score (nSPS) is 10.9. The van der Waals surface area contributed by atoms with Gasteiger partial charge in [0.05, 0.1) is 22.4 Å². The van der Waals surface area contributed by atoms with Gasteiger partial charge in [-0.05, 0) is 26.0 Å². The number of aryl methyl sites for hydroxylation is 1. The van der Waals surface area contributed by atoms with Crippen molar-refractivity contribution in [3.63, 3.8) is 0 Å². The summed E-state index contributed by atoms with van der Waals surface area (Å²) in [5.74, 6) is 7.25. The highest BCUT2D eigenvalue weighted by atomic mass is 35.5. The molecule has 3 aromatic rings. The number of benzene rings is 1. The van der Waals surface area contributed by atoms with E-state index in [0.717, 1.165) is 22.8 Å². The third kappa shape index (κ3) is 2.48. The predicted molar refractivity (Wildman–Crippen MR) is 85.0 cm³/mol. The SMILES string of the molecule is Cc1nc(NN)c(C)c(Nc2c(Cl)ccc3nsnc23)n1. The number of rotatable bonds is 3. The fraction of sp³-hybridized carbons (Fsp3) is 0.167. The number of nitrogens with one attached hydrogen (secondary N) is 2. The van der Waals surface area contributed by atoms with Gasteiger partial charge in [-0.1, -0.05) is 11.6 Å². The van der Waals surface area contributed by atoms with Crippen molar-refractivity contribution in [1.29, 1.82) is 0 Å². The lowest BCUT2D eigenvalue weighted by Gasteiger charge is -2.13. The number of hydrogen-bond donors (Lipinski definition) is 3. The van der Waals surface area contributed by atoms with Crippen LogP contribution in [0.2, 0.25) is 5.02 Å². The summed E-state index contributed by atoms with van der Waals surface area (Å²) in [4.78, 5) is 8.61. The Morgan fingerprint density at radius 3 is 2.67 bits per heavy atom. The molecule has 0 bridgehead atoms. The highest BCUT2D eigenvalue weighted by molar-refractivity contribution is 7.00. The van der Waals surface area contributed by atoms with E-state index < -0.39 is 0 Å². The second-order valence-corrected chi connectivity index (χ2v) is 5.35. The zero-order valence-corrected chi connectivity index (χ0v) is 12.9. The van der Waals surface area contributed by atoms with E-state index in [1.165, 1.54) is 0 Å². The molecule has 2 aromatic heterocycles. The highest BCUT2D eigenvalue weighted by Gasteiger charge is 2.14. The molecule has 0 spiro atoms. The molecule has 0 saturated heterocycles. The van der Waals surface area contributed by atoms with Gasteiger partial charge in [-0.3, -0.25) is 0 Å². The average molecular weight is 322 g/mol. The van der Waals surface area contributed by atoms with E-state index in [9.17, 15) is 0 Å². The van der Waals surface area contributed by atoms with Crippen LogP contribution in [0.25, 0.3) is 11.0 Å². The lowest BCUT2D eigenvalue weighted by atomic mass is 10.2. The van der Waals surface area contributed by atoms with Gasteiger partial charge in [0.15, 0.2) is 0 Å². The minimum absolute atomic E-state index is 0.549. The monoisotopic (exact) mass is 321 g/mol. The molecule has 0 aliphatic rings. The predicted octanol–water partition coefficient (Wildman–Crippen LogP) is 2.78. The number of anilines is 3. The van der Waals surface area contributed by atoms with Gasteiger partial charge in [0.1, 0.15) is 28.5 Å². The van der Waals surface area contributed by atoms with Crippen molar-refractivity contribution in [3.05, 3.63) is 28.5 Å². The third-order valence-electron chi connectivity index (χ3n) is 3.01. The molecule has 0 unspecified atom stereocenters. The molecule has 7 nitrogen and oxygen atoms in total. The summed E-state index contributed by atoms with van der Waals surface area (Å²) < 4.78 is 8.47. The van der Waals surface area contributed by atoms with Gasteiger partial charge in [0.2, 0.25) is 0 Å². The molecule has 0 amide bonds. The Bertz CT molecular complexity index is 817. The topological polar surface area (TPSA) is 102 Å². The summed E-state index contributed by atoms with van der Waals surface area (Å²) >= 11 is 7.40. The van der Waals surface area contributed by atoms with E-state index in [-0.39, 0.29) is 0 Å². The molecule has 0 atom stereocenters.